The molecule has 1 atom stereocenters. The molecule has 1 aromatic carbocycles. The maximum Gasteiger partial charge on any atom is 0.408 e. The highest BCUT2D eigenvalue weighted by atomic mass is 16.6. The van der Waals surface area contributed by atoms with E-state index >= 15 is 0 Å². The molecule has 30 heavy (non-hydrogen) atoms. The molecule has 1 saturated carbocycles. The van der Waals surface area contributed by atoms with Gasteiger partial charge in [0.1, 0.15) is 30.1 Å². The van der Waals surface area contributed by atoms with Crippen molar-refractivity contribution in [2.45, 2.75) is 77.2 Å². The van der Waals surface area contributed by atoms with E-state index in [4.69, 9.17) is 18.9 Å². The summed E-state index contributed by atoms with van der Waals surface area (Å²) in [6, 6.07) is 5.89. The molecule has 1 amide bonds. The van der Waals surface area contributed by atoms with Crippen molar-refractivity contribution in [3.05, 3.63) is 29.8 Å². The predicted octanol–water partition coefficient (Wildman–Crippen LogP) is 3.51. The quantitative estimate of drug-likeness (QED) is 0.506. The van der Waals surface area contributed by atoms with Gasteiger partial charge in [-0.05, 0) is 64.2 Å². The highest BCUT2D eigenvalue weighted by Crippen LogP contribution is 2.22. The molecule has 8 nitrogen and oxygen atoms in total. The minimum absolute atomic E-state index is 0.0413. The molecule has 0 saturated heterocycles. The number of esters is 2. The van der Waals surface area contributed by atoms with Gasteiger partial charge in [0, 0.05) is 0 Å². The molecule has 1 aliphatic carbocycles. The van der Waals surface area contributed by atoms with E-state index in [2.05, 4.69) is 5.32 Å². The number of nitrogens with one attached hydrogen (secondary N) is 1. The fourth-order valence-corrected chi connectivity index (χ4v) is 3.01. The van der Waals surface area contributed by atoms with Crippen LogP contribution >= 0.6 is 0 Å². The summed E-state index contributed by atoms with van der Waals surface area (Å²) in [5.41, 5.74) is 0.0353. The highest BCUT2D eigenvalue weighted by molar-refractivity contribution is 5.86. The van der Waals surface area contributed by atoms with Crippen molar-refractivity contribution in [1.29, 1.82) is 0 Å². The summed E-state index contributed by atoms with van der Waals surface area (Å²) in [5.74, 6) is -0.592. The van der Waals surface area contributed by atoms with Crippen LogP contribution < -0.4 is 10.1 Å². The molecule has 0 unspecified atom stereocenters. The number of amides is 1. The molecule has 1 aromatic rings. The van der Waals surface area contributed by atoms with Crippen molar-refractivity contribution in [2.75, 3.05) is 7.11 Å². The molecular weight excluding hydrogens is 390 g/mol. The van der Waals surface area contributed by atoms with Crippen LogP contribution in [-0.2, 0) is 30.4 Å². The minimum Gasteiger partial charge on any atom is -0.497 e. The number of carbonyl (C=O) groups excluding carboxylic acids is 3. The van der Waals surface area contributed by atoms with Gasteiger partial charge in [-0.1, -0.05) is 12.1 Å². The van der Waals surface area contributed by atoms with E-state index in [-0.39, 0.29) is 19.1 Å². The second-order valence-corrected chi connectivity index (χ2v) is 8.26. The molecule has 2 rings (SSSR count). The van der Waals surface area contributed by atoms with E-state index in [0.29, 0.717) is 5.75 Å². The number of ether oxygens (including phenoxy) is 4. The largest absolute Gasteiger partial charge is 0.497 e. The number of carbonyl (C=O) groups is 3. The Morgan fingerprint density at radius 2 is 1.73 bits per heavy atom. The van der Waals surface area contributed by atoms with E-state index in [9.17, 15) is 14.4 Å². The molecule has 0 radical (unpaired) electrons. The summed E-state index contributed by atoms with van der Waals surface area (Å²) < 4.78 is 21.0. The Bertz CT molecular complexity index is 718. The third kappa shape index (κ3) is 8.31. The molecule has 0 heterocycles. The Kier molecular flexibility index (Phi) is 8.50. The fourth-order valence-electron chi connectivity index (χ4n) is 3.01. The smallest absolute Gasteiger partial charge is 0.408 e. The van der Waals surface area contributed by atoms with Gasteiger partial charge in [0.25, 0.3) is 0 Å². The lowest BCUT2D eigenvalue weighted by Gasteiger charge is -2.23. The van der Waals surface area contributed by atoms with Crippen LogP contribution in [0.15, 0.2) is 24.3 Å². The fraction of sp³-hybridized carbons (Fsp3) is 0.591. The Balaban J connectivity index is 1.94. The number of methoxy groups -OCH3 is 1. The standard InChI is InChI=1S/C22H31NO7/c1-22(2,3)30-21(26)23-18(20(25)29-17-7-5-6-8-17)13-19(24)28-14-15-9-11-16(27-4)12-10-15/h9-12,17-18H,5-8,13-14H2,1-4H3,(H,23,26)/t18-/m0/s1. The molecule has 1 aliphatic rings. The summed E-state index contributed by atoms with van der Waals surface area (Å²) in [4.78, 5) is 37.0. The predicted molar refractivity (Wildman–Crippen MR) is 109 cm³/mol. The second-order valence-electron chi connectivity index (χ2n) is 8.26. The van der Waals surface area contributed by atoms with Gasteiger partial charge in [-0.2, -0.15) is 0 Å². The summed E-state index contributed by atoms with van der Waals surface area (Å²) in [5, 5.41) is 2.44. The van der Waals surface area contributed by atoms with Gasteiger partial charge in [-0.25, -0.2) is 9.59 Å². The zero-order chi connectivity index (χ0) is 22.1. The average molecular weight is 421 g/mol. The van der Waals surface area contributed by atoms with Crippen LogP contribution in [0.4, 0.5) is 4.79 Å². The molecule has 1 N–H and O–H groups in total. The van der Waals surface area contributed by atoms with Crippen LogP contribution in [0.25, 0.3) is 0 Å². The normalized spacial score (nSPS) is 15.2. The van der Waals surface area contributed by atoms with Gasteiger partial charge in [-0.15, -0.1) is 0 Å². The van der Waals surface area contributed by atoms with Crippen molar-refractivity contribution < 1.29 is 33.3 Å². The van der Waals surface area contributed by atoms with E-state index in [0.717, 1.165) is 31.2 Å². The molecular formula is C22H31NO7. The van der Waals surface area contributed by atoms with Gasteiger partial charge < -0.3 is 24.3 Å². The van der Waals surface area contributed by atoms with Gasteiger partial charge in [0.05, 0.1) is 13.5 Å². The van der Waals surface area contributed by atoms with E-state index in [1.807, 2.05) is 0 Å². The van der Waals surface area contributed by atoms with Crippen molar-refractivity contribution in [2.24, 2.45) is 0 Å². The first-order valence-electron chi connectivity index (χ1n) is 10.1. The molecule has 0 bridgehead atoms. The van der Waals surface area contributed by atoms with Crippen LogP contribution in [0.5, 0.6) is 5.75 Å². The van der Waals surface area contributed by atoms with Crippen molar-refractivity contribution in [1.82, 2.24) is 5.32 Å². The topological polar surface area (TPSA) is 100 Å². The lowest BCUT2D eigenvalue weighted by Crippen LogP contribution is -2.46. The Morgan fingerprint density at radius 1 is 1.10 bits per heavy atom. The number of benzene rings is 1. The first-order valence-corrected chi connectivity index (χ1v) is 10.1. The number of hydrogen-bond donors (Lipinski definition) is 1. The molecule has 1 fully saturated rings. The lowest BCUT2D eigenvalue weighted by atomic mass is 10.2. The molecule has 0 aromatic heterocycles. The van der Waals surface area contributed by atoms with Gasteiger partial charge in [0.15, 0.2) is 0 Å². The van der Waals surface area contributed by atoms with Crippen molar-refractivity contribution >= 4 is 18.0 Å². The molecule has 0 spiro atoms. The summed E-state index contributed by atoms with van der Waals surface area (Å²) in [7, 11) is 1.57. The number of rotatable bonds is 8. The van der Waals surface area contributed by atoms with Crippen LogP contribution in [0.2, 0.25) is 0 Å². The maximum atomic E-state index is 12.6. The van der Waals surface area contributed by atoms with Crippen LogP contribution in [0, 0.1) is 0 Å². The monoisotopic (exact) mass is 421 g/mol. The van der Waals surface area contributed by atoms with Crippen LogP contribution in [-0.4, -0.2) is 42.9 Å². The molecule has 166 valence electrons. The average Bonchev–Trinajstić information content (AvgIpc) is 3.17. The van der Waals surface area contributed by atoms with E-state index < -0.39 is 29.7 Å². The zero-order valence-electron chi connectivity index (χ0n) is 18.1. The highest BCUT2D eigenvalue weighted by Gasteiger charge is 2.31. The second kappa shape index (κ2) is 10.8. The Morgan fingerprint density at radius 3 is 2.30 bits per heavy atom. The lowest BCUT2D eigenvalue weighted by molar-refractivity contribution is -0.156. The SMILES string of the molecule is COc1ccc(COC(=O)C[C@H](NC(=O)OC(C)(C)C)C(=O)OC2CCCC2)cc1. The van der Waals surface area contributed by atoms with Crippen molar-refractivity contribution in [3.8, 4) is 5.75 Å². The summed E-state index contributed by atoms with van der Waals surface area (Å²) >= 11 is 0. The van der Waals surface area contributed by atoms with E-state index in [1.165, 1.54) is 0 Å². The molecule has 0 aliphatic heterocycles. The van der Waals surface area contributed by atoms with Gasteiger partial charge in [-0.3, -0.25) is 4.79 Å². The van der Waals surface area contributed by atoms with Gasteiger partial charge in [0.2, 0.25) is 0 Å². The number of alkyl carbamates (subject to hydrolysis) is 1. The van der Waals surface area contributed by atoms with Gasteiger partial charge >= 0.3 is 18.0 Å². The van der Waals surface area contributed by atoms with Crippen LogP contribution in [0.1, 0.15) is 58.4 Å². The zero-order valence-corrected chi connectivity index (χ0v) is 18.1. The Hall–Kier alpha value is -2.77. The van der Waals surface area contributed by atoms with Crippen LogP contribution in [0.3, 0.4) is 0 Å². The van der Waals surface area contributed by atoms with E-state index in [1.54, 1.807) is 52.1 Å². The summed E-state index contributed by atoms with van der Waals surface area (Å²) in [6.07, 6.45) is 2.23. The first kappa shape index (κ1) is 23.5. The third-order valence-corrected chi connectivity index (χ3v) is 4.49. The van der Waals surface area contributed by atoms with Crippen molar-refractivity contribution in [3.63, 3.8) is 0 Å². The minimum atomic E-state index is -1.18. The summed E-state index contributed by atoms with van der Waals surface area (Å²) in [6.45, 7) is 5.17. The first-order chi connectivity index (χ1) is 14.2. The number of hydrogen-bond acceptors (Lipinski definition) is 7. The Labute approximate surface area is 177 Å². The maximum absolute atomic E-state index is 12.6. The third-order valence-electron chi connectivity index (χ3n) is 4.49. The molecule has 8 heteroatoms.